The highest BCUT2D eigenvalue weighted by Crippen LogP contribution is 2.16. The molecule has 0 aliphatic carbocycles. The quantitative estimate of drug-likeness (QED) is 0.552. The number of carbonyl (C=O) groups is 1. The monoisotopic (exact) mass is 177 g/mol. The third-order valence-electron chi connectivity index (χ3n) is 1.72. The van der Waals surface area contributed by atoms with Crippen molar-refractivity contribution < 1.29 is 4.79 Å². The van der Waals surface area contributed by atoms with Crippen LogP contribution in [-0.4, -0.2) is 20.9 Å². The molecule has 0 atom stereocenters. The molecular formula is C7H7N5O. The van der Waals surface area contributed by atoms with Gasteiger partial charge in [0.25, 0.3) is 5.91 Å². The molecule has 0 unspecified atom stereocenters. The summed E-state index contributed by atoms with van der Waals surface area (Å²) in [7, 11) is 0. The first-order chi connectivity index (χ1) is 6.18. The van der Waals surface area contributed by atoms with Gasteiger partial charge in [0.05, 0.1) is 5.39 Å². The average molecular weight is 177 g/mol. The summed E-state index contributed by atoms with van der Waals surface area (Å²) < 4.78 is 0. The highest BCUT2D eigenvalue weighted by Gasteiger charge is 2.08. The second-order valence-corrected chi connectivity index (χ2v) is 2.57. The zero-order valence-electron chi connectivity index (χ0n) is 6.61. The van der Waals surface area contributed by atoms with Crippen molar-refractivity contribution in [1.29, 1.82) is 0 Å². The Kier molecular flexibility index (Phi) is 1.42. The molecule has 0 saturated heterocycles. The van der Waals surface area contributed by atoms with Gasteiger partial charge in [-0.2, -0.15) is 0 Å². The van der Waals surface area contributed by atoms with Crippen LogP contribution in [0.25, 0.3) is 11.0 Å². The van der Waals surface area contributed by atoms with Gasteiger partial charge < -0.3 is 16.5 Å². The van der Waals surface area contributed by atoms with E-state index in [2.05, 4.69) is 15.0 Å². The Bertz CT molecular complexity index is 475. The number of hydrogen-bond acceptors (Lipinski definition) is 4. The normalized spacial score (nSPS) is 10.5. The summed E-state index contributed by atoms with van der Waals surface area (Å²) in [5.74, 6) is -0.217. The molecule has 6 heteroatoms. The summed E-state index contributed by atoms with van der Waals surface area (Å²) in [6.07, 6.45) is 1.32. The van der Waals surface area contributed by atoms with Crippen LogP contribution >= 0.6 is 0 Å². The second-order valence-electron chi connectivity index (χ2n) is 2.57. The average Bonchev–Trinajstić information content (AvgIpc) is 2.49. The van der Waals surface area contributed by atoms with Gasteiger partial charge in [0.1, 0.15) is 23.5 Å². The fourth-order valence-corrected chi connectivity index (χ4v) is 1.09. The van der Waals surface area contributed by atoms with Crippen molar-refractivity contribution in [3.8, 4) is 0 Å². The molecule has 2 rings (SSSR count). The number of H-pyrrole nitrogens is 1. The highest BCUT2D eigenvalue weighted by molar-refractivity contribution is 5.98. The van der Waals surface area contributed by atoms with Gasteiger partial charge in [0, 0.05) is 0 Å². The molecule has 66 valence electrons. The summed E-state index contributed by atoms with van der Waals surface area (Å²) >= 11 is 0. The van der Waals surface area contributed by atoms with E-state index in [0.717, 1.165) is 0 Å². The minimum absolute atomic E-state index is 0.280. The van der Waals surface area contributed by atoms with Gasteiger partial charge in [-0.25, -0.2) is 9.97 Å². The topological polar surface area (TPSA) is 111 Å². The van der Waals surface area contributed by atoms with Crippen LogP contribution < -0.4 is 11.5 Å². The van der Waals surface area contributed by atoms with Gasteiger partial charge >= 0.3 is 0 Å². The lowest BCUT2D eigenvalue weighted by molar-refractivity contribution is 0.0996. The molecule has 0 fully saturated rings. The number of rotatable bonds is 1. The number of nitrogens with zero attached hydrogens (tertiary/aromatic N) is 2. The highest BCUT2D eigenvalue weighted by atomic mass is 16.1. The Morgan fingerprint density at radius 3 is 2.85 bits per heavy atom. The van der Waals surface area contributed by atoms with E-state index >= 15 is 0 Å². The Morgan fingerprint density at radius 2 is 2.23 bits per heavy atom. The number of carbonyl (C=O) groups excluding carboxylic acids is 1. The molecule has 2 heterocycles. The van der Waals surface area contributed by atoms with E-state index in [-0.39, 0.29) is 5.69 Å². The number of aromatic nitrogens is 3. The lowest BCUT2D eigenvalue weighted by Crippen LogP contribution is -2.10. The second kappa shape index (κ2) is 2.44. The van der Waals surface area contributed by atoms with Crippen molar-refractivity contribution in [2.24, 2.45) is 5.73 Å². The molecule has 2 aromatic rings. The van der Waals surface area contributed by atoms with E-state index in [1.54, 1.807) is 0 Å². The Morgan fingerprint density at radius 1 is 1.46 bits per heavy atom. The van der Waals surface area contributed by atoms with Crippen LogP contribution in [0, 0.1) is 0 Å². The fourth-order valence-electron chi connectivity index (χ4n) is 1.09. The maximum Gasteiger partial charge on any atom is 0.265 e. The summed E-state index contributed by atoms with van der Waals surface area (Å²) in [5, 5.41) is 0.608. The van der Waals surface area contributed by atoms with Gasteiger partial charge in [0.15, 0.2) is 0 Å². The lowest BCUT2D eigenvalue weighted by Gasteiger charge is -1.90. The number of hydrogen-bond donors (Lipinski definition) is 3. The van der Waals surface area contributed by atoms with Gasteiger partial charge in [-0.05, 0) is 6.07 Å². The number of nitrogens with two attached hydrogens (primary N) is 2. The molecule has 0 aromatic carbocycles. The lowest BCUT2D eigenvalue weighted by atomic mass is 10.3. The van der Waals surface area contributed by atoms with Gasteiger partial charge in [-0.1, -0.05) is 0 Å². The van der Waals surface area contributed by atoms with Gasteiger partial charge in [0.2, 0.25) is 0 Å². The number of fused-ring (bicyclic) bond motifs is 1. The smallest absolute Gasteiger partial charge is 0.265 e. The SMILES string of the molecule is NC(=O)c1cc2c(N)ncnc2[nH]1. The molecule has 2 aromatic heterocycles. The molecular weight excluding hydrogens is 170 g/mol. The van der Waals surface area contributed by atoms with Crippen molar-refractivity contribution in [2.75, 3.05) is 5.73 Å². The largest absolute Gasteiger partial charge is 0.383 e. The predicted octanol–water partition coefficient (Wildman–Crippen LogP) is -0.361. The summed E-state index contributed by atoms with van der Waals surface area (Å²) in [5.41, 5.74) is 11.4. The minimum atomic E-state index is -0.544. The van der Waals surface area contributed by atoms with Crippen molar-refractivity contribution in [2.45, 2.75) is 0 Å². The van der Waals surface area contributed by atoms with Crippen LogP contribution in [0.15, 0.2) is 12.4 Å². The Hall–Kier alpha value is -2.11. The predicted molar refractivity (Wildman–Crippen MR) is 46.8 cm³/mol. The molecule has 0 saturated carbocycles. The van der Waals surface area contributed by atoms with E-state index in [1.807, 2.05) is 0 Å². The molecule has 5 N–H and O–H groups in total. The molecule has 6 nitrogen and oxygen atoms in total. The van der Waals surface area contributed by atoms with Crippen LogP contribution in [0.2, 0.25) is 0 Å². The first kappa shape index (κ1) is 7.53. The molecule has 0 aliphatic rings. The van der Waals surface area contributed by atoms with Gasteiger partial charge in [-0.3, -0.25) is 4.79 Å². The fraction of sp³-hybridized carbons (Fsp3) is 0. The zero-order valence-corrected chi connectivity index (χ0v) is 6.61. The molecule has 0 radical (unpaired) electrons. The minimum Gasteiger partial charge on any atom is -0.383 e. The Labute approximate surface area is 73.0 Å². The number of primary amides is 1. The van der Waals surface area contributed by atoms with Crippen LogP contribution in [0.1, 0.15) is 10.5 Å². The number of amides is 1. The van der Waals surface area contributed by atoms with Crippen LogP contribution in [-0.2, 0) is 0 Å². The van der Waals surface area contributed by atoms with Crippen molar-refractivity contribution in [3.05, 3.63) is 18.1 Å². The van der Waals surface area contributed by atoms with Crippen LogP contribution in [0.5, 0.6) is 0 Å². The van der Waals surface area contributed by atoms with E-state index < -0.39 is 5.91 Å². The van der Waals surface area contributed by atoms with Crippen molar-refractivity contribution in [1.82, 2.24) is 15.0 Å². The molecule has 0 aliphatic heterocycles. The van der Waals surface area contributed by atoms with Gasteiger partial charge in [-0.15, -0.1) is 0 Å². The van der Waals surface area contributed by atoms with Crippen LogP contribution in [0.3, 0.4) is 0 Å². The molecule has 1 amide bonds. The van der Waals surface area contributed by atoms with Crippen molar-refractivity contribution in [3.63, 3.8) is 0 Å². The Balaban J connectivity index is 2.75. The zero-order chi connectivity index (χ0) is 9.42. The third-order valence-corrected chi connectivity index (χ3v) is 1.72. The number of aromatic amines is 1. The number of nitrogen functional groups attached to an aromatic ring is 1. The molecule has 0 spiro atoms. The first-order valence-corrected chi connectivity index (χ1v) is 3.57. The van der Waals surface area contributed by atoms with E-state index in [0.29, 0.717) is 16.9 Å². The van der Waals surface area contributed by atoms with E-state index in [4.69, 9.17) is 11.5 Å². The third kappa shape index (κ3) is 1.08. The standard InChI is InChI=1S/C7H7N5O/c8-5-3-1-4(6(9)13)12-7(3)11-2-10-5/h1-2H,(H2,9,13)(H3,8,10,11,12). The van der Waals surface area contributed by atoms with Crippen molar-refractivity contribution >= 4 is 22.8 Å². The summed E-state index contributed by atoms with van der Waals surface area (Å²) in [6, 6.07) is 1.53. The van der Waals surface area contributed by atoms with E-state index in [9.17, 15) is 4.79 Å². The summed E-state index contributed by atoms with van der Waals surface area (Å²) in [6.45, 7) is 0. The first-order valence-electron chi connectivity index (χ1n) is 3.57. The maximum absolute atomic E-state index is 10.8. The van der Waals surface area contributed by atoms with Crippen LogP contribution in [0.4, 0.5) is 5.82 Å². The number of nitrogens with one attached hydrogen (secondary N) is 1. The molecule has 13 heavy (non-hydrogen) atoms. The maximum atomic E-state index is 10.8. The molecule has 0 bridgehead atoms. The van der Waals surface area contributed by atoms with E-state index in [1.165, 1.54) is 12.4 Å². The summed E-state index contributed by atoms with van der Waals surface area (Å²) in [4.78, 5) is 21.2. The number of anilines is 1.